The molecule has 0 aliphatic heterocycles. The number of nitrogens with two attached hydrogens (primary N) is 1. The fourth-order valence-corrected chi connectivity index (χ4v) is 1.03. The molecule has 1 aromatic rings. The molecule has 0 bridgehead atoms. The van der Waals surface area contributed by atoms with E-state index in [-0.39, 0.29) is 5.91 Å². The van der Waals surface area contributed by atoms with Crippen LogP contribution in [0.3, 0.4) is 0 Å². The van der Waals surface area contributed by atoms with Gasteiger partial charge in [0.05, 0.1) is 11.4 Å². The second kappa shape index (κ2) is 3.47. The number of nitrogens with zero attached hydrogens (tertiary/aromatic N) is 2. The van der Waals surface area contributed by atoms with E-state index in [1.54, 1.807) is 14.1 Å². The number of amides is 1. The van der Waals surface area contributed by atoms with E-state index in [0.717, 1.165) is 12.1 Å². The summed E-state index contributed by atoms with van der Waals surface area (Å²) >= 11 is 0. The Balaban J connectivity index is 3.02. The first-order valence-electron chi connectivity index (χ1n) is 4.12. The number of nitrogens with one attached hydrogen (secondary N) is 1. The van der Waals surface area contributed by atoms with E-state index in [2.05, 4.69) is 10.2 Å². The first kappa shape index (κ1) is 9.57. The van der Waals surface area contributed by atoms with Crippen molar-refractivity contribution in [2.24, 2.45) is 0 Å². The second-order valence-corrected chi connectivity index (χ2v) is 3.02. The summed E-state index contributed by atoms with van der Waals surface area (Å²) in [6.07, 6.45) is 0.750. The summed E-state index contributed by atoms with van der Waals surface area (Å²) < 4.78 is 0. The molecule has 0 aliphatic rings. The van der Waals surface area contributed by atoms with Gasteiger partial charge in [0, 0.05) is 14.1 Å². The van der Waals surface area contributed by atoms with E-state index >= 15 is 0 Å². The van der Waals surface area contributed by atoms with Gasteiger partial charge in [-0.25, -0.2) is 0 Å². The number of rotatable bonds is 2. The molecule has 0 spiro atoms. The molecule has 1 amide bonds. The van der Waals surface area contributed by atoms with Crippen LogP contribution in [0.2, 0.25) is 0 Å². The molecule has 1 heterocycles. The van der Waals surface area contributed by atoms with Gasteiger partial charge in [-0.15, -0.1) is 0 Å². The lowest BCUT2D eigenvalue weighted by Crippen LogP contribution is -2.23. The van der Waals surface area contributed by atoms with Crippen LogP contribution in [-0.2, 0) is 6.42 Å². The molecule has 13 heavy (non-hydrogen) atoms. The third-order valence-corrected chi connectivity index (χ3v) is 1.85. The van der Waals surface area contributed by atoms with Crippen LogP contribution in [0.1, 0.15) is 23.1 Å². The van der Waals surface area contributed by atoms with Gasteiger partial charge in [0.1, 0.15) is 0 Å². The molecule has 0 unspecified atom stereocenters. The van der Waals surface area contributed by atoms with Gasteiger partial charge in [-0.05, 0) is 6.42 Å². The van der Waals surface area contributed by atoms with Gasteiger partial charge in [-0.2, -0.15) is 5.10 Å². The van der Waals surface area contributed by atoms with Crippen molar-refractivity contribution in [3.05, 3.63) is 11.4 Å². The maximum atomic E-state index is 11.5. The minimum atomic E-state index is -0.173. The predicted octanol–water partition coefficient (Wildman–Crippen LogP) is 0.256. The quantitative estimate of drug-likeness (QED) is 0.688. The van der Waals surface area contributed by atoms with Crippen LogP contribution in [0.5, 0.6) is 0 Å². The van der Waals surface area contributed by atoms with Crippen molar-refractivity contribution in [3.63, 3.8) is 0 Å². The van der Waals surface area contributed by atoms with Crippen LogP contribution >= 0.6 is 0 Å². The first-order chi connectivity index (χ1) is 6.07. The SMILES string of the molecule is CCc1[nH]nc(C(=O)N(C)C)c1N. The Morgan fingerprint density at radius 3 is 2.62 bits per heavy atom. The number of aromatic amines is 1. The van der Waals surface area contributed by atoms with Crippen LogP contribution in [0.15, 0.2) is 0 Å². The molecule has 5 heteroatoms. The Hall–Kier alpha value is -1.52. The molecule has 1 rings (SSSR count). The highest BCUT2D eigenvalue weighted by Crippen LogP contribution is 2.15. The van der Waals surface area contributed by atoms with E-state index in [4.69, 9.17) is 5.73 Å². The van der Waals surface area contributed by atoms with E-state index in [9.17, 15) is 4.79 Å². The number of carbonyl (C=O) groups excluding carboxylic acids is 1. The number of aryl methyl sites for hydroxylation is 1. The smallest absolute Gasteiger partial charge is 0.275 e. The lowest BCUT2D eigenvalue weighted by molar-refractivity contribution is 0.0823. The fourth-order valence-electron chi connectivity index (χ4n) is 1.03. The van der Waals surface area contributed by atoms with Crippen LogP contribution in [0.4, 0.5) is 5.69 Å². The molecule has 1 aromatic heterocycles. The van der Waals surface area contributed by atoms with Gasteiger partial charge in [0.15, 0.2) is 5.69 Å². The number of aromatic nitrogens is 2. The maximum absolute atomic E-state index is 11.5. The highest BCUT2D eigenvalue weighted by atomic mass is 16.2. The van der Waals surface area contributed by atoms with E-state index < -0.39 is 0 Å². The monoisotopic (exact) mass is 182 g/mol. The number of nitrogen functional groups attached to an aromatic ring is 1. The Labute approximate surface area is 76.9 Å². The zero-order valence-corrected chi connectivity index (χ0v) is 8.09. The zero-order valence-electron chi connectivity index (χ0n) is 8.09. The lowest BCUT2D eigenvalue weighted by Gasteiger charge is -2.07. The summed E-state index contributed by atoms with van der Waals surface area (Å²) in [6.45, 7) is 1.95. The Bertz CT molecular complexity index is 316. The highest BCUT2D eigenvalue weighted by molar-refractivity contribution is 5.97. The molecule has 0 saturated heterocycles. The van der Waals surface area contributed by atoms with Gasteiger partial charge in [0.25, 0.3) is 5.91 Å². The highest BCUT2D eigenvalue weighted by Gasteiger charge is 2.17. The summed E-state index contributed by atoms with van der Waals surface area (Å²) in [6, 6.07) is 0. The van der Waals surface area contributed by atoms with Crippen LogP contribution in [0.25, 0.3) is 0 Å². The van der Waals surface area contributed by atoms with E-state index in [0.29, 0.717) is 11.4 Å². The summed E-state index contributed by atoms with van der Waals surface area (Å²) in [7, 11) is 3.34. The third-order valence-electron chi connectivity index (χ3n) is 1.85. The summed E-state index contributed by atoms with van der Waals surface area (Å²) in [5, 5.41) is 6.60. The average molecular weight is 182 g/mol. The second-order valence-electron chi connectivity index (χ2n) is 3.02. The van der Waals surface area contributed by atoms with E-state index in [1.807, 2.05) is 6.92 Å². The van der Waals surface area contributed by atoms with Crippen molar-refractivity contribution < 1.29 is 4.79 Å². The van der Waals surface area contributed by atoms with Crippen molar-refractivity contribution in [2.45, 2.75) is 13.3 Å². The van der Waals surface area contributed by atoms with Crippen LogP contribution < -0.4 is 5.73 Å². The summed E-state index contributed by atoms with van der Waals surface area (Å²) in [5.74, 6) is -0.173. The van der Waals surface area contributed by atoms with Gasteiger partial charge >= 0.3 is 0 Å². The molecule has 0 radical (unpaired) electrons. The summed E-state index contributed by atoms with van der Waals surface area (Å²) in [4.78, 5) is 12.9. The van der Waals surface area contributed by atoms with Crippen molar-refractivity contribution in [3.8, 4) is 0 Å². The number of anilines is 1. The maximum Gasteiger partial charge on any atom is 0.275 e. The molecule has 0 aliphatic carbocycles. The Kier molecular flexibility index (Phi) is 2.55. The molecular weight excluding hydrogens is 168 g/mol. The molecular formula is C8H14N4O. The topological polar surface area (TPSA) is 75.0 Å². The fraction of sp³-hybridized carbons (Fsp3) is 0.500. The summed E-state index contributed by atoms with van der Waals surface area (Å²) in [5.41, 5.74) is 7.29. The van der Waals surface area contributed by atoms with Crippen molar-refractivity contribution in [2.75, 3.05) is 19.8 Å². The Morgan fingerprint density at radius 2 is 2.23 bits per heavy atom. The Morgan fingerprint density at radius 1 is 1.62 bits per heavy atom. The van der Waals surface area contributed by atoms with Gasteiger partial charge in [-0.1, -0.05) is 6.92 Å². The van der Waals surface area contributed by atoms with Crippen molar-refractivity contribution in [1.29, 1.82) is 0 Å². The number of carbonyl (C=O) groups is 1. The number of H-pyrrole nitrogens is 1. The largest absolute Gasteiger partial charge is 0.395 e. The number of hydrogen-bond donors (Lipinski definition) is 2. The van der Waals surface area contributed by atoms with E-state index in [1.165, 1.54) is 4.90 Å². The minimum absolute atomic E-state index is 0.173. The van der Waals surface area contributed by atoms with Gasteiger partial charge < -0.3 is 10.6 Å². The molecule has 0 saturated carbocycles. The molecule has 3 N–H and O–H groups in total. The molecule has 0 fully saturated rings. The van der Waals surface area contributed by atoms with Gasteiger partial charge in [-0.3, -0.25) is 9.89 Å². The molecule has 72 valence electrons. The first-order valence-corrected chi connectivity index (χ1v) is 4.12. The van der Waals surface area contributed by atoms with Crippen molar-refractivity contribution in [1.82, 2.24) is 15.1 Å². The van der Waals surface area contributed by atoms with Gasteiger partial charge in [0.2, 0.25) is 0 Å². The predicted molar refractivity (Wildman–Crippen MR) is 50.4 cm³/mol. The number of hydrogen-bond acceptors (Lipinski definition) is 3. The van der Waals surface area contributed by atoms with Crippen LogP contribution in [-0.4, -0.2) is 35.1 Å². The third kappa shape index (κ3) is 1.63. The molecule has 5 nitrogen and oxygen atoms in total. The molecule has 0 atom stereocenters. The zero-order chi connectivity index (χ0) is 10.0. The van der Waals surface area contributed by atoms with Crippen LogP contribution in [0, 0.1) is 0 Å². The average Bonchev–Trinajstić information content (AvgIpc) is 2.45. The molecule has 0 aromatic carbocycles. The van der Waals surface area contributed by atoms with Crippen molar-refractivity contribution >= 4 is 11.6 Å². The lowest BCUT2D eigenvalue weighted by atomic mass is 10.2. The normalized spacial score (nSPS) is 10.1. The minimum Gasteiger partial charge on any atom is -0.395 e. The standard InChI is InChI=1S/C8H14N4O/c1-4-5-6(9)7(11-10-5)8(13)12(2)3/h4,9H2,1-3H3,(H,10,11).